The average molecular weight is 233 g/mol. The molecule has 1 heterocycles. The second kappa shape index (κ2) is 3.92. The Balaban J connectivity index is 2.01. The lowest BCUT2D eigenvalue weighted by Gasteiger charge is -2.18. The molecule has 1 aromatic heterocycles. The molecule has 0 amide bonds. The Bertz CT molecular complexity index is 534. The van der Waals surface area contributed by atoms with Crippen LogP contribution < -0.4 is 10.6 Å². The van der Waals surface area contributed by atoms with Gasteiger partial charge in [0.1, 0.15) is 5.52 Å². The molecule has 3 N–H and O–H groups in total. The van der Waals surface area contributed by atoms with Gasteiger partial charge in [0.15, 0.2) is 5.58 Å². The molecule has 0 unspecified atom stereocenters. The summed E-state index contributed by atoms with van der Waals surface area (Å²) in [4.78, 5) is 6.43. The lowest BCUT2D eigenvalue weighted by Crippen LogP contribution is -2.29. The zero-order valence-corrected chi connectivity index (χ0v) is 9.47. The van der Waals surface area contributed by atoms with Crippen LogP contribution in [-0.2, 0) is 0 Å². The minimum Gasteiger partial charge on any atom is -0.423 e. The number of benzene rings is 1. The lowest BCUT2D eigenvalue weighted by molar-refractivity contribution is 0.298. The van der Waals surface area contributed by atoms with Crippen LogP contribution in [0.4, 0.5) is 11.7 Å². The number of rotatable bonds is 4. The van der Waals surface area contributed by atoms with Gasteiger partial charge in [-0.2, -0.15) is 4.98 Å². The largest absolute Gasteiger partial charge is 0.423 e. The molecule has 0 atom stereocenters. The molecule has 2 aromatic rings. The molecule has 1 saturated carbocycles. The molecule has 1 aliphatic rings. The number of aliphatic hydroxyl groups excluding tert-OH is 1. The summed E-state index contributed by atoms with van der Waals surface area (Å²) in [5.74, 6) is 0. The number of nitrogen functional groups attached to an aromatic ring is 1. The van der Waals surface area contributed by atoms with E-state index in [9.17, 15) is 0 Å². The fourth-order valence-electron chi connectivity index (χ4n) is 2.01. The molecule has 0 saturated heterocycles. The summed E-state index contributed by atoms with van der Waals surface area (Å²) in [6.07, 6.45) is 2.27. The Morgan fingerprint density at radius 2 is 2.29 bits per heavy atom. The fourth-order valence-corrected chi connectivity index (χ4v) is 2.01. The van der Waals surface area contributed by atoms with Gasteiger partial charge in [0, 0.05) is 12.6 Å². The van der Waals surface area contributed by atoms with Gasteiger partial charge in [-0.15, -0.1) is 0 Å². The topological polar surface area (TPSA) is 75.5 Å². The second-order valence-corrected chi connectivity index (χ2v) is 4.34. The zero-order chi connectivity index (χ0) is 11.8. The maximum atomic E-state index is 9.07. The summed E-state index contributed by atoms with van der Waals surface area (Å²) in [6, 6.07) is 6.53. The average Bonchev–Trinajstić information content (AvgIpc) is 3.05. The van der Waals surface area contributed by atoms with Gasteiger partial charge < -0.3 is 20.2 Å². The van der Waals surface area contributed by atoms with Gasteiger partial charge in [0.05, 0.1) is 12.3 Å². The van der Waals surface area contributed by atoms with Crippen molar-refractivity contribution in [2.24, 2.45) is 0 Å². The van der Waals surface area contributed by atoms with Crippen molar-refractivity contribution in [1.82, 2.24) is 4.98 Å². The number of aromatic nitrogens is 1. The standard InChI is InChI=1S/C12H15N3O2/c13-9-2-1-3-10-11(9)14-12(17-10)15(6-7-16)8-4-5-8/h1-3,8,16H,4-7,13H2. The highest BCUT2D eigenvalue weighted by molar-refractivity contribution is 5.86. The Hall–Kier alpha value is -1.75. The van der Waals surface area contributed by atoms with Crippen LogP contribution in [0, 0.1) is 0 Å². The highest BCUT2D eigenvalue weighted by Crippen LogP contribution is 2.33. The van der Waals surface area contributed by atoms with Crippen LogP contribution in [0.2, 0.25) is 0 Å². The van der Waals surface area contributed by atoms with Crippen LogP contribution in [0.5, 0.6) is 0 Å². The van der Waals surface area contributed by atoms with Crippen LogP contribution >= 0.6 is 0 Å². The molecule has 0 radical (unpaired) electrons. The number of aliphatic hydroxyl groups is 1. The number of anilines is 2. The molecule has 17 heavy (non-hydrogen) atoms. The van der Waals surface area contributed by atoms with Gasteiger partial charge in [-0.1, -0.05) is 6.07 Å². The number of hydrogen-bond acceptors (Lipinski definition) is 5. The summed E-state index contributed by atoms with van der Waals surface area (Å²) in [5.41, 5.74) is 7.87. The summed E-state index contributed by atoms with van der Waals surface area (Å²) in [5, 5.41) is 9.07. The normalized spacial score (nSPS) is 15.4. The Morgan fingerprint density at radius 3 is 2.94 bits per heavy atom. The van der Waals surface area contributed by atoms with E-state index in [0.717, 1.165) is 12.8 Å². The minimum absolute atomic E-state index is 0.102. The Kier molecular flexibility index (Phi) is 2.40. The van der Waals surface area contributed by atoms with E-state index in [2.05, 4.69) is 4.98 Å². The SMILES string of the molecule is Nc1cccc2oc(N(CCO)C3CC3)nc12. The predicted octanol–water partition coefficient (Wildman–Crippen LogP) is 1.37. The fraction of sp³-hybridized carbons (Fsp3) is 0.417. The van der Waals surface area contributed by atoms with E-state index >= 15 is 0 Å². The molecule has 0 spiro atoms. The highest BCUT2D eigenvalue weighted by Gasteiger charge is 2.31. The smallest absolute Gasteiger partial charge is 0.298 e. The highest BCUT2D eigenvalue weighted by atomic mass is 16.4. The van der Waals surface area contributed by atoms with Crippen molar-refractivity contribution in [3.05, 3.63) is 18.2 Å². The number of nitrogens with zero attached hydrogens (tertiary/aromatic N) is 2. The molecule has 1 aliphatic carbocycles. The Labute approximate surface area is 98.8 Å². The van der Waals surface area contributed by atoms with Crippen LogP contribution in [0.3, 0.4) is 0 Å². The van der Waals surface area contributed by atoms with Crippen LogP contribution in [0.1, 0.15) is 12.8 Å². The molecule has 0 aliphatic heterocycles. The first kappa shape index (κ1) is 10.4. The van der Waals surface area contributed by atoms with Crippen LogP contribution in [0.15, 0.2) is 22.6 Å². The summed E-state index contributed by atoms with van der Waals surface area (Å²) >= 11 is 0. The number of nitrogens with two attached hydrogens (primary N) is 1. The van der Waals surface area contributed by atoms with E-state index in [1.807, 2.05) is 23.1 Å². The zero-order valence-electron chi connectivity index (χ0n) is 9.47. The van der Waals surface area contributed by atoms with Crippen LogP contribution in [0.25, 0.3) is 11.1 Å². The van der Waals surface area contributed by atoms with E-state index in [1.54, 1.807) is 0 Å². The van der Waals surface area contributed by atoms with Gasteiger partial charge in [-0.25, -0.2) is 0 Å². The number of hydrogen-bond donors (Lipinski definition) is 2. The van der Waals surface area contributed by atoms with Crippen molar-refractivity contribution >= 4 is 22.8 Å². The van der Waals surface area contributed by atoms with Gasteiger partial charge in [-0.3, -0.25) is 0 Å². The van der Waals surface area contributed by atoms with Crippen molar-refractivity contribution in [2.75, 3.05) is 23.8 Å². The second-order valence-electron chi connectivity index (χ2n) is 4.34. The molecule has 1 aromatic carbocycles. The van der Waals surface area contributed by atoms with Gasteiger partial charge >= 0.3 is 0 Å². The molecule has 0 bridgehead atoms. The molecule has 5 nitrogen and oxygen atoms in total. The van der Waals surface area contributed by atoms with Crippen molar-refractivity contribution in [1.29, 1.82) is 0 Å². The van der Waals surface area contributed by atoms with Gasteiger partial charge in [-0.05, 0) is 25.0 Å². The first-order valence-electron chi connectivity index (χ1n) is 5.82. The lowest BCUT2D eigenvalue weighted by atomic mass is 10.3. The summed E-state index contributed by atoms with van der Waals surface area (Å²) in [6.45, 7) is 0.655. The van der Waals surface area contributed by atoms with Crippen molar-refractivity contribution in [3.8, 4) is 0 Å². The van der Waals surface area contributed by atoms with E-state index < -0.39 is 0 Å². The number of fused-ring (bicyclic) bond motifs is 1. The number of oxazole rings is 1. The van der Waals surface area contributed by atoms with E-state index in [1.165, 1.54) is 0 Å². The summed E-state index contributed by atoms with van der Waals surface area (Å²) in [7, 11) is 0. The maximum absolute atomic E-state index is 9.07. The quantitative estimate of drug-likeness (QED) is 0.780. The van der Waals surface area contributed by atoms with Gasteiger partial charge in [0.25, 0.3) is 6.01 Å². The molecular weight excluding hydrogens is 218 g/mol. The monoisotopic (exact) mass is 233 g/mol. The van der Waals surface area contributed by atoms with Crippen molar-refractivity contribution in [2.45, 2.75) is 18.9 Å². The van der Waals surface area contributed by atoms with E-state index in [-0.39, 0.29) is 6.61 Å². The molecule has 90 valence electrons. The van der Waals surface area contributed by atoms with E-state index in [0.29, 0.717) is 35.4 Å². The first-order valence-corrected chi connectivity index (χ1v) is 5.82. The van der Waals surface area contributed by atoms with E-state index in [4.69, 9.17) is 15.3 Å². The van der Waals surface area contributed by atoms with Crippen molar-refractivity contribution in [3.63, 3.8) is 0 Å². The minimum atomic E-state index is 0.102. The molecule has 3 rings (SSSR count). The third-order valence-corrected chi connectivity index (χ3v) is 3.01. The van der Waals surface area contributed by atoms with Gasteiger partial charge in [0.2, 0.25) is 0 Å². The molecule has 1 fully saturated rings. The predicted molar refractivity (Wildman–Crippen MR) is 65.9 cm³/mol. The van der Waals surface area contributed by atoms with Crippen LogP contribution in [-0.4, -0.2) is 29.3 Å². The third-order valence-electron chi connectivity index (χ3n) is 3.01. The maximum Gasteiger partial charge on any atom is 0.298 e. The number of para-hydroxylation sites is 1. The van der Waals surface area contributed by atoms with Crippen molar-refractivity contribution < 1.29 is 9.52 Å². The third kappa shape index (κ3) is 1.82. The molecule has 5 heteroatoms. The molecular formula is C12H15N3O2. The first-order chi connectivity index (χ1) is 8.29. The summed E-state index contributed by atoms with van der Waals surface area (Å²) < 4.78 is 5.69. The Morgan fingerprint density at radius 1 is 1.47 bits per heavy atom.